The van der Waals surface area contributed by atoms with Crippen molar-refractivity contribution in [3.63, 3.8) is 0 Å². The molecule has 0 spiro atoms. The quantitative estimate of drug-likeness (QED) is 0.844. The number of hydrogen-bond donors (Lipinski definition) is 1. The molecule has 2 aromatic rings. The van der Waals surface area contributed by atoms with Gasteiger partial charge >= 0.3 is 0 Å². The summed E-state index contributed by atoms with van der Waals surface area (Å²) < 4.78 is 5.75. The van der Waals surface area contributed by atoms with Gasteiger partial charge in [0.2, 0.25) is 5.91 Å². The number of halogens is 2. The van der Waals surface area contributed by atoms with Crippen molar-refractivity contribution in [3.8, 4) is 5.75 Å². The molecule has 108 valence electrons. The number of rotatable bonds is 5. The molecule has 0 aliphatic heterocycles. The van der Waals surface area contributed by atoms with Crippen molar-refractivity contribution in [2.45, 2.75) is 6.61 Å². The molecule has 2 aromatic carbocycles. The zero-order chi connectivity index (χ0) is 15.2. The third-order valence-corrected chi connectivity index (χ3v) is 3.33. The lowest BCUT2D eigenvalue weighted by molar-refractivity contribution is -0.113. The number of primary amides is 1. The first kappa shape index (κ1) is 15.4. The molecule has 0 saturated heterocycles. The Morgan fingerprint density at radius 2 is 1.95 bits per heavy atom. The Labute approximate surface area is 132 Å². The molecule has 0 heterocycles. The summed E-state index contributed by atoms with van der Waals surface area (Å²) in [6, 6.07) is 12.6. The lowest BCUT2D eigenvalue weighted by atomic mass is 10.2. The van der Waals surface area contributed by atoms with E-state index in [-0.39, 0.29) is 0 Å². The van der Waals surface area contributed by atoms with Crippen LogP contribution in [0.3, 0.4) is 0 Å². The molecular formula is C16H13Cl2NO2. The van der Waals surface area contributed by atoms with Crippen LogP contribution in [0.2, 0.25) is 10.0 Å². The summed E-state index contributed by atoms with van der Waals surface area (Å²) in [6.07, 6.45) is 2.90. The lowest BCUT2D eigenvalue weighted by Crippen LogP contribution is -2.05. The molecular weight excluding hydrogens is 309 g/mol. The van der Waals surface area contributed by atoms with Gasteiger partial charge in [0.25, 0.3) is 0 Å². The van der Waals surface area contributed by atoms with Crippen molar-refractivity contribution in [1.82, 2.24) is 0 Å². The molecule has 0 aliphatic carbocycles. The molecule has 0 fully saturated rings. The number of amides is 1. The summed E-state index contributed by atoms with van der Waals surface area (Å²) in [5.74, 6) is 0.131. The molecule has 0 bridgehead atoms. The highest BCUT2D eigenvalue weighted by atomic mass is 35.5. The molecule has 2 N–H and O–H groups in total. The van der Waals surface area contributed by atoms with Gasteiger partial charge in [-0.3, -0.25) is 4.79 Å². The molecule has 0 unspecified atom stereocenters. The zero-order valence-electron chi connectivity index (χ0n) is 11.1. The Morgan fingerprint density at radius 1 is 1.19 bits per heavy atom. The first-order valence-corrected chi connectivity index (χ1v) is 6.95. The van der Waals surface area contributed by atoms with Crippen LogP contribution in [0.4, 0.5) is 0 Å². The second-order valence-electron chi connectivity index (χ2n) is 4.30. The zero-order valence-corrected chi connectivity index (χ0v) is 12.6. The van der Waals surface area contributed by atoms with Crippen molar-refractivity contribution in [3.05, 3.63) is 69.7 Å². The van der Waals surface area contributed by atoms with E-state index in [0.717, 1.165) is 11.1 Å². The number of benzene rings is 2. The normalized spacial score (nSPS) is 10.8. The van der Waals surface area contributed by atoms with Gasteiger partial charge in [0.15, 0.2) is 0 Å². The van der Waals surface area contributed by atoms with E-state index in [1.807, 2.05) is 30.3 Å². The minimum atomic E-state index is -0.509. The van der Waals surface area contributed by atoms with Crippen molar-refractivity contribution in [2.24, 2.45) is 5.73 Å². The van der Waals surface area contributed by atoms with Crippen LogP contribution in [-0.4, -0.2) is 5.91 Å². The van der Waals surface area contributed by atoms with Crippen molar-refractivity contribution in [2.75, 3.05) is 0 Å². The fourth-order valence-electron chi connectivity index (χ4n) is 1.72. The third-order valence-electron chi connectivity index (χ3n) is 2.74. The number of nitrogens with two attached hydrogens (primary N) is 1. The molecule has 0 atom stereocenters. The second kappa shape index (κ2) is 7.16. The number of hydrogen-bond acceptors (Lipinski definition) is 2. The van der Waals surface area contributed by atoms with Gasteiger partial charge in [-0.25, -0.2) is 0 Å². The van der Waals surface area contributed by atoms with Crippen LogP contribution in [0.5, 0.6) is 5.75 Å². The van der Waals surface area contributed by atoms with Gasteiger partial charge in [0.05, 0.1) is 0 Å². The summed E-state index contributed by atoms with van der Waals surface area (Å²) in [5.41, 5.74) is 6.69. The number of ether oxygens (including phenoxy) is 1. The van der Waals surface area contributed by atoms with Crippen molar-refractivity contribution >= 4 is 35.2 Å². The van der Waals surface area contributed by atoms with Gasteiger partial charge in [-0.2, -0.15) is 0 Å². The largest absolute Gasteiger partial charge is 0.488 e. The van der Waals surface area contributed by atoms with Gasteiger partial charge < -0.3 is 10.5 Å². The van der Waals surface area contributed by atoms with E-state index in [0.29, 0.717) is 22.4 Å². The molecule has 21 heavy (non-hydrogen) atoms. The summed E-state index contributed by atoms with van der Waals surface area (Å²) in [7, 11) is 0. The SMILES string of the molecule is NC(=O)C=Cc1ccccc1OCc1ccc(Cl)cc1Cl. The van der Waals surface area contributed by atoms with E-state index in [1.54, 1.807) is 18.2 Å². The highest BCUT2D eigenvalue weighted by molar-refractivity contribution is 6.35. The average molecular weight is 322 g/mol. The monoisotopic (exact) mass is 321 g/mol. The number of para-hydroxylation sites is 1. The van der Waals surface area contributed by atoms with Crippen LogP contribution < -0.4 is 10.5 Å². The molecule has 3 nitrogen and oxygen atoms in total. The average Bonchev–Trinajstić information content (AvgIpc) is 2.45. The first-order valence-electron chi connectivity index (χ1n) is 6.19. The summed E-state index contributed by atoms with van der Waals surface area (Å²) >= 11 is 12.0. The van der Waals surface area contributed by atoms with E-state index in [2.05, 4.69) is 0 Å². The summed E-state index contributed by atoms with van der Waals surface area (Å²) in [5, 5.41) is 1.13. The fraction of sp³-hybridized carbons (Fsp3) is 0.0625. The smallest absolute Gasteiger partial charge is 0.241 e. The first-order chi connectivity index (χ1) is 10.1. The van der Waals surface area contributed by atoms with E-state index in [1.165, 1.54) is 6.08 Å². The molecule has 0 aromatic heterocycles. The van der Waals surface area contributed by atoms with Crippen LogP contribution in [-0.2, 0) is 11.4 Å². The topological polar surface area (TPSA) is 52.3 Å². The number of carbonyl (C=O) groups is 1. The summed E-state index contributed by atoms with van der Waals surface area (Å²) in [6.45, 7) is 0.303. The minimum absolute atomic E-state index is 0.303. The van der Waals surface area contributed by atoms with Crippen molar-refractivity contribution < 1.29 is 9.53 Å². The number of carbonyl (C=O) groups excluding carboxylic acids is 1. The summed E-state index contributed by atoms with van der Waals surface area (Å²) in [4.78, 5) is 10.8. The molecule has 0 radical (unpaired) electrons. The van der Waals surface area contributed by atoms with Gasteiger partial charge in [-0.05, 0) is 24.3 Å². The van der Waals surface area contributed by atoms with Gasteiger partial charge in [-0.15, -0.1) is 0 Å². The molecule has 2 rings (SSSR count). The van der Waals surface area contributed by atoms with Crippen LogP contribution in [0.15, 0.2) is 48.5 Å². The van der Waals surface area contributed by atoms with Gasteiger partial charge in [0.1, 0.15) is 12.4 Å². The minimum Gasteiger partial charge on any atom is -0.488 e. The third kappa shape index (κ3) is 4.52. The Balaban J connectivity index is 2.14. The van der Waals surface area contributed by atoms with E-state index >= 15 is 0 Å². The standard InChI is InChI=1S/C16H13Cl2NO2/c17-13-7-5-12(14(18)9-13)10-21-15-4-2-1-3-11(15)6-8-16(19)20/h1-9H,10H2,(H2,19,20). The highest BCUT2D eigenvalue weighted by Crippen LogP contribution is 2.24. The van der Waals surface area contributed by atoms with Crippen LogP contribution in [0.25, 0.3) is 6.08 Å². The Bertz CT molecular complexity index is 684. The maximum Gasteiger partial charge on any atom is 0.241 e. The molecule has 0 aliphatic rings. The Kier molecular flexibility index (Phi) is 5.26. The van der Waals surface area contributed by atoms with Crippen molar-refractivity contribution in [1.29, 1.82) is 0 Å². The lowest BCUT2D eigenvalue weighted by Gasteiger charge is -2.10. The van der Waals surface area contributed by atoms with Crippen LogP contribution in [0, 0.1) is 0 Å². The maximum absolute atomic E-state index is 10.8. The Hall–Kier alpha value is -1.97. The van der Waals surface area contributed by atoms with E-state index in [4.69, 9.17) is 33.7 Å². The van der Waals surface area contributed by atoms with E-state index < -0.39 is 5.91 Å². The van der Waals surface area contributed by atoms with Gasteiger partial charge in [-0.1, -0.05) is 47.5 Å². The fourth-order valence-corrected chi connectivity index (χ4v) is 2.18. The Morgan fingerprint density at radius 3 is 2.67 bits per heavy atom. The predicted molar refractivity (Wildman–Crippen MR) is 85.5 cm³/mol. The van der Waals surface area contributed by atoms with Crippen LogP contribution in [0.1, 0.15) is 11.1 Å². The molecule has 1 amide bonds. The molecule has 0 saturated carbocycles. The maximum atomic E-state index is 10.8. The molecule has 5 heteroatoms. The van der Waals surface area contributed by atoms with E-state index in [9.17, 15) is 4.79 Å². The second-order valence-corrected chi connectivity index (χ2v) is 5.14. The van der Waals surface area contributed by atoms with Gasteiger partial charge in [0, 0.05) is 27.2 Å². The van der Waals surface area contributed by atoms with Crippen LogP contribution >= 0.6 is 23.2 Å². The highest BCUT2D eigenvalue weighted by Gasteiger charge is 2.05. The predicted octanol–water partition coefficient (Wildman–Crippen LogP) is 4.07.